The number of carbonyl (C=O) groups is 1. The molecule has 3 atom stereocenters. The van der Waals surface area contributed by atoms with Crippen molar-refractivity contribution in [3.05, 3.63) is 76.6 Å². The van der Waals surface area contributed by atoms with Crippen molar-refractivity contribution in [3.63, 3.8) is 0 Å². The molecule has 0 spiro atoms. The Morgan fingerprint density at radius 1 is 1.39 bits per heavy atom. The highest BCUT2D eigenvalue weighted by Crippen LogP contribution is 2.34. The number of nitrogens with one attached hydrogen (secondary N) is 1. The van der Waals surface area contributed by atoms with Gasteiger partial charge in [-0.15, -0.1) is 0 Å². The van der Waals surface area contributed by atoms with Gasteiger partial charge < -0.3 is 5.32 Å². The number of anilines is 1. The number of amides is 1. The van der Waals surface area contributed by atoms with Crippen LogP contribution in [-0.4, -0.2) is 17.1 Å². The predicted molar refractivity (Wildman–Crippen MR) is 139 cm³/mol. The van der Waals surface area contributed by atoms with E-state index in [4.69, 9.17) is 0 Å². The minimum Gasteiger partial charge on any atom is -0.310 e. The van der Waals surface area contributed by atoms with Gasteiger partial charge in [-0.3, -0.25) is 4.79 Å². The maximum atomic E-state index is 13.1. The van der Waals surface area contributed by atoms with E-state index >= 15 is 0 Å². The van der Waals surface area contributed by atoms with E-state index in [0.717, 1.165) is 47.1 Å². The summed E-state index contributed by atoms with van der Waals surface area (Å²) in [6, 6.07) is 1.84. The smallest absolute Gasteiger partial charge is 0.231 e. The monoisotopic (exact) mass is 450 g/mol. The van der Waals surface area contributed by atoms with Gasteiger partial charge in [-0.05, 0) is 85.9 Å². The number of hydrogen-bond acceptors (Lipinski definition) is 2. The molecule has 178 valence electrons. The first-order chi connectivity index (χ1) is 15.7. The minimum atomic E-state index is -1.02. The van der Waals surface area contributed by atoms with E-state index in [0.29, 0.717) is 18.2 Å². The Morgan fingerprint density at radius 3 is 2.64 bits per heavy atom. The van der Waals surface area contributed by atoms with Crippen LogP contribution in [-0.2, 0) is 4.79 Å². The molecule has 3 nitrogen and oxygen atoms in total. The van der Waals surface area contributed by atoms with Crippen molar-refractivity contribution < 1.29 is 9.18 Å². The lowest BCUT2D eigenvalue weighted by Crippen LogP contribution is -2.16. The fraction of sp³-hybridized carbons (Fsp3) is 0.448. The van der Waals surface area contributed by atoms with Gasteiger partial charge in [0.05, 0.1) is 5.92 Å². The summed E-state index contributed by atoms with van der Waals surface area (Å²) in [5.74, 6) is 0.0974. The summed E-state index contributed by atoms with van der Waals surface area (Å²) in [7, 11) is 0. The van der Waals surface area contributed by atoms with Crippen LogP contribution in [0.2, 0.25) is 0 Å². The molecule has 0 radical (unpaired) electrons. The highest BCUT2D eigenvalue weighted by Gasteiger charge is 2.43. The zero-order chi connectivity index (χ0) is 24.5. The third kappa shape index (κ3) is 7.66. The number of rotatable bonds is 11. The van der Waals surface area contributed by atoms with Gasteiger partial charge in [0, 0.05) is 6.20 Å². The summed E-state index contributed by atoms with van der Waals surface area (Å²) in [6.45, 7) is 17.0. The molecule has 0 aliphatic heterocycles. The summed E-state index contributed by atoms with van der Waals surface area (Å²) < 4.78 is 13.1. The van der Waals surface area contributed by atoms with Gasteiger partial charge in [0.1, 0.15) is 12.0 Å². The van der Waals surface area contributed by atoms with Crippen LogP contribution >= 0.6 is 0 Å². The quantitative estimate of drug-likeness (QED) is 0.348. The maximum absolute atomic E-state index is 13.1. The summed E-state index contributed by atoms with van der Waals surface area (Å²) >= 11 is 0. The van der Waals surface area contributed by atoms with Gasteiger partial charge in [0.15, 0.2) is 0 Å². The third-order valence-electron chi connectivity index (χ3n) is 6.08. The number of aryl methyl sites for hydroxylation is 1. The summed E-state index contributed by atoms with van der Waals surface area (Å²) in [5, 5.41) is 2.73. The van der Waals surface area contributed by atoms with Crippen LogP contribution in [0.15, 0.2) is 65.4 Å². The fourth-order valence-electron chi connectivity index (χ4n) is 3.81. The Kier molecular flexibility index (Phi) is 10.0. The maximum Gasteiger partial charge on any atom is 0.231 e. The van der Waals surface area contributed by atoms with E-state index in [1.165, 1.54) is 5.57 Å². The van der Waals surface area contributed by atoms with Crippen LogP contribution in [0, 0.1) is 18.8 Å². The summed E-state index contributed by atoms with van der Waals surface area (Å²) in [4.78, 5) is 16.4. The van der Waals surface area contributed by atoms with Crippen LogP contribution in [0.3, 0.4) is 0 Å². The van der Waals surface area contributed by atoms with Crippen LogP contribution in [0.1, 0.15) is 71.4 Å². The zero-order valence-electron chi connectivity index (χ0n) is 21.0. The minimum absolute atomic E-state index is 0.293. The average molecular weight is 451 g/mol. The molecule has 1 saturated carbocycles. The molecule has 2 rings (SSSR count). The summed E-state index contributed by atoms with van der Waals surface area (Å²) in [5.41, 5.74) is 6.55. The molecule has 0 aromatic carbocycles. The van der Waals surface area contributed by atoms with Crippen molar-refractivity contribution in [2.24, 2.45) is 11.8 Å². The Morgan fingerprint density at radius 2 is 2.09 bits per heavy atom. The molecule has 1 aliphatic rings. The molecule has 1 aromatic heterocycles. The molecule has 1 aromatic rings. The lowest BCUT2D eigenvalue weighted by Gasteiger charge is -2.15. The van der Waals surface area contributed by atoms with E-state index in [1.807, 2.05) is 13.0 Å². The van der Waals surface area contributed by atoms with E-state index in [-0.39, 0.29) is 5.91 Å². The summed E-state index contributed by atoms with van der Waals surface area (Å²) in [6.07, 6.45) is 15.0. The first-order valence-electron chi connectivity index (χ1n) is 12.1. The molecular weight excluding hydrogens is 411 g/mol. The number of halogens is 1. The molecule has 1 amide bonds. The first kappa shape index (κ1) is 26.5. The number of pyridine rings is 1. The molecule has 33 heavy (non-hydrogen) atoms. The highest BCUT2D eigenvalue weighted by atomic mass is 19.1. The van der Waals surface area contributed by atoms with Gasteiger partial charge in [0.2, 0.25) is 5.91 Å². The molecule has 4 heteroatoms. The zero-order valence-corrected chi connectivity index (χ0v) is 21.0. The van der Waals surface area contributed by atoms with Gasteiger partial charge >= 0.3 is 0 Å². The highest BCUT2D eigenvalue weighted by molar-refractivity contribution is 5.94. The molecule has 0 saturated heterocycles. The van der Waals surface area contributed by atoms with Gasteiger partial charge in [0.25, 0.3) is 0 Å². The van der Waals surface area contributed by atoms with Crippen LogP contribution in [0.5, 0.6) is 0 Å². The Hall–Kier alpha value is -2.75. The normalized spacial score (nSPS) is 20.2. The van der Waals surface area contributed by atoms with Crippen molar-refractivity contribution in [2.45, 2.75) is 73.4 Å². The lowest BCUT2D eigenvalue weighted by molar-refractivity contribution is -0.117. The van der Waals surface area contributed by atoms with Crippen molar-refractivity contribution in [1.82, 2.24) is 4.98 Å². The van der Waals surface area contributed by atoms with Crippen LogP contribution in [0.4, 0.5) is 10.2 Å². The van der Waals surface area contributed by atoms with Gasteiger partial charge in [-0.25, -0.2) is 9.37 Å². The Balaban J connectivity index is 2.32. The van der Waals surface area contributed by atoms with Crippen molar-refractivity contribution in [1.29, 1.82) is 0 Å². The van der Waals surface area contributed by atoms with E-state index in [2.05, 4.69) is 81.9 Å². The Labute approximate surface area is 199 Å². The SMILES string of the molecule is C=C(\C=C(C)/C(=C\C)C(/C=C/CC)=C/c1cnc(NC(=O)C2CC2F)cc1C)C(C)CCC. The van der Waals surface area contributed by atoms with Crippen molar-refractivity contribution >= 4 is 17.8 Å². The first-order valence-corrected chi connectivity index (χ1v) is 12.1. The molecular formula is C29H39FN2O. The number of nitrogens with zero attached hydrogens (tertiary/aromatic N) is 1. The van der Waals surface area contributed by atoms with Gasteiger partial charge in [-0.1, -0.05) is 63.6 Å². The number of alkyl halides is 1. The second-order valence-electron chi connectivity index (χ2n) is 8.98. The third-order valence-corrected chi connectivity index (χ3v) is 6.08. The molecule has 3 unspecified atom stereocenters. The molecule has 0 bridgehead atoms. The number of allylic oxidation sites excluding steroid dienone is 8. The standard InChI is InChI=1S/C29H39FN2O/c1-8-11-13-23(25(10-3)22(7)14-20(5)19(4)12-9-2)16-24-18-31-28(15-21(24)6)32-29(33)26-17-27(26)30/h10-11,13-16,18-19,26-27H,5,8-9,12,17H2,1-4,6-7H3,(H,31,32,33)/b13-11+,22-14-,23-16+,25-10+. The number of hydrogen-bond donors (Lipinski definition) is 1. The number of aromatic nitrogens is 1. The van der Waals surface area contributed by atoms with E-state index in [9.17, 15) is 9.18 Å². The molecule has 1 N–H and O–H groups in total. The second kappa shape index (κ2) is 12.5. The fourth-order valence-corrected chi connectivity index (χ4v) is 3.81. The average Bonchev–Trinajstić information content (AvgIpc) is 3.50. The van der Waals surface area contributed by atoms with Crippen LogP contribution < -0.4 is 5.32 Å². The Bertz CT molecular complexity index is 983. The van der Waals surface area contributed by atoms with Crippen LogP contribution in [0.25, 0.3) is 6.08 Å². The van der Waals surface area contributed by atoms with Crippen molar-refractivity contribution in [2.75, 3.05) is 5.32 Å². The van der Waals surface area contributed by atoms with E-state index in [1.54, 1.807) is 6.20 Å². The lowest BCUT2D eigenvalue weighted by atomic mass is 9.91. The van der Waals surface area contributed by atoms with Gasteiger partial charge in [-0.2, -0.15) is 0 Å². The second-order valence-corrected chi connectivity index (χ2v) is 8.98. The van der Waals surface area contributed by atoms with E-state index < -0.39 is 12.1 Å². The molecule has 1 fully saturated rings. The number of carbonyl (C=O) groups excluding carboxylic acids is 1. The topological polar surface area (TPSA) is 42.0 Å². The molecule has 1 heterocycles. The van der Waals surface area contributed by atoms with Crippen molar-refractivity contribution in [3.8, 4) is 0 Å². The molecule has 1 aliphatic carbocycles. The largest absolute Gasteiger partial charge is 0.310 e. The predicted octanol–water partition coefficient (Wildman–Crippen LogP) is 7.92.